The Morgan fingerprint density at radius 2 is 1.68 bits per heavy atom. The van der Waals surface area contributed by atoms with Gasteiger partial charge in [0.1, 0.15) is 11.2 Å². The van der Waals surface area contributed by atoms with Crippen molar-refractivity contribution in [3.63, 3.8) is 0 Å². The minimum Gasteiger partial charge on any atom is -0.508 e. The van der Waals surface area contributed by atoms with Crippen molar-refractivity contribution in [1.82, 2.24) is 0 Å². The molecular formula is C18H18O3S. The molecule has 0 fully saturated rings. The van der Waals surface area contributed by atoms with Gasteiger partial charge in [-0.25, -0.2) is 0 Å². The molecule has 0 amide bonds. The van der Waals surface area contributed by atoms with Gasteiger partial charge in [-0.2, -0.15) is 0 Å². The normalized spacial score (nSPS) is 13.3. The van der Waals surface area contributed by atoms with E-state index in [1.807, 2.05) is 30.3 Å². The lowest BCUT2D eigenvalue weighted by Gasteiger charge is -2.26. The molecule has 2 aromatic rings. The second-order valence-electron chi connectivity index (χ2n) is 5.39. The zero-order valence-corrected chi connectivity index (χ0v) is 13.1. The van der Waals surface area contributed by atoms with Crippen LogP contribution in [0.1, 0.15) is 24.5 Å². The third kappa shape index (κ3) is 3.34. The summed E-state index contributed by atoms with van der Waals surface area (Å²) in [5.41, 5.74) is 0.469. The molecule has 2 aromatic carbocycles. The lowest BCUT2D eigenvalue weighted by molar-refractivity contribution is -0.140. The molecule has 3 nitrogen and oxygen atoms in total. The summed E-state index contributed by atoms with van der Waals surface area (Å²) in [6.45, 7) is 1.62. The van der Waals surface area contributed by atoms with Crippen molar-refractivity contribution in [3.05, 3.63) is 65.7 Å². The average molecular weight is 314 g/mol. The van der Waals surface area contributed by atoms with Crippen LogP contribution in [0.5, 0.6) is 5.75 Å². The van der Waals surface area contributed by atoms with Crippen molar-refractivity contribution < 1.29 is 15.0 Å². The summed E-state index contributed by atoms with van der Waals surface area (Å²) in [7, 11) is 0. The topological polar surface area (TPSA) is 57.5 Å². The molecule has 114 valence electrons. The highest BCUT2D eigenvalue weighted by Crippen LogP contribution is 2.30. The van der Waals surface area contributed by atoms with E-state index in [1.54, 1.807) is 19.1 Å². The van der Waals surface area contributed by atoms with Gasteiger partial charge in [0.25, 0.3) is 0 Å². The number of benzene rings is 2. The maximum Gasteiger partial charge on any atom is 0.318 e. The molecule has 0 saturated heterocycles. The second kappa shape index (κ2) is 6.71. The summed E-state index contributed by atoms with van der Waals surface area (Å²) in [4.78, 5) is 12.3. The molecule has 2 N–H and O–H groups in total. The maximum atomic E-state index is 11.8. The maximum absolute atomic E-state index is 11.8. The second-order valence-corrected chi connectivity index (χ2v) is 5.88. The summed E-state index contributed by atoms with van der Waals surface area (Å²) in [5, 5.41) is 19.0. The van der Waals surface area contributed by atoms with Crippen LogP contribution in [-0.4, -0.2) is 21.0 Å². The first-order valence-corrected chi connectivity index (χ1v) is 7.45. The molecule has 0 heterocycles. The Labute approximate surface area is 135 Å². The van der Waals surface area contributed by atoms with Gasteiger partial charge < -0.3 is 10.2 Å². The number of phenolic OH excluding ortho intramolecular Hbond substituents is 1. The van der Waals surface area contributed by atoms with Gasteiger partial charge in [-0.15, -0.1) is 0 Å². The molecule has 0 aromatic heterocycles. The summed E-state index contributed by atoms with van der Waals surface area (Å²) < 4.78 is 0. The zero-order chi connectivity index (χ0) is 16.2. The van der Waals surface area contributed by atoms with Crippen LogP contribution >= 0.6 is 12.2 Å². The van der Waals surface area contributed by atoms with Gasteiger partial charge in [-0.1, -0.05) is 54.7 Å². The van der Waals surface area contributed by atoms with Crippen LogP contribution in [0.2, 0.25) is 0 Å². The number of hydrogen-bond acceptors (Lipinski definition) is 3. The SMILES string of the molecule is CC(C(=O)O)(C(=S)CCc1ccccc1)c1ccc(O)cc1. The Morgan fingerprint density at radius 3 is 2.23 bits per heavy atom. The van der Waals surface area contributed by atoms with Crippen LogP contribution < -0.4 is 0 Å². The number of carboxylic acid groups (broad SMARTS) is 1. The lowest BCUT2D eigenvalue weighted by Crippen LogP contribution is -2.40. The molecule has 0 radical (unpaired) electrons. The Kier molecular flexibility index (Phi) is 4.93. The smallest absolute Gasteiger partial charge is 0.318 e. The molecule has 0 spiro atoms. The first kappa shape index (κ1) is 16.2. The Hall–Kier alpha value is -2.20. The number of carbonyl (C=O) groups is 1. The van der Waals surface area contributed by atoms with Crippen LogP contribution in [0, 0.1) is 0 Å². The summed E-state index contributed by atoms with van der Waals surface area (Å²) in [6.07, 6.45) is 1.23. The number of rotatable bonds is 6. The molecule has 0 bridgehead atoms. The largest absolute Gasteiger partial charge is 0.508 e. The third-order valence-corrected chi connectivity index (χ3v) is 4.53. The summed E-state index contributed by atoms with van der Waals surface area (Å²) in [5.74, 6) is -0.872. The highest BCUT2D eigenvalue weighted by atomic mass is 32.1. The molecule has 1 atom stereocenters. The zero-order valence-electron chi connectivity index (χ0n) is 12.3. The Morgan fingerprint density at radius 1 is 1.09 bits per heavy atom. The number of aromatic hydroxyl groups is 1. The van der Waals surface area contributed by atoms with Gasteiger partial charge in [-0.3, -0.25) is 4.79 Å². The molecule has 0 aliphatic carbocycles. The fourth-order valence-corrected chi connectivity index (χ4v) is 2.66. The minimum absolute atomic E-state index is 0.103. The van der Waals surface area contributed by atoms with Crippen molar-refractivity contribution >= 4 is 23.1 Å². The molecule has 1 unspecified atom stereocenters. The molecule has 0 aliphatic heterocycles. The van der Waals surface area contributed by atoms with E-state index in [4.69, 9.17) is 12.2 Å². The third-order valence-electron chi connectivity index (χ3n) is 3.91. The summed E-state index contributed by atoms with van der Waals surface area (Å²) in [6, 6.07) is 16.0. The van der Waals surface area contributed by atoms with Gasteiger partial charge in [0.15, 0.2) is 0 Å². The van der Waals surface area contributed by atoms with Gasteiger partial charge in [0.05, 0.1) is 0 Å². The Bertz CT molecular complexity index is 664. The monoisotopic (exact) mass is 314 g/mol. The van der Waals surface area contributed by atoms with E-state index in [1.165, 1.54) is 12.1 Å². The van der Waals surface area contributed by atoms with Gasteiger partial charge >= 0.3 is 5.97 Å². The summed E-state index contributed by atoms with van der Waals surface area (Å²) >= 11 is 5.44. The number of phenols is 1. The first-order chi connectivity index (χ1) is 10.4. The standard InChI is InChI=1S/C18H18O3S/c1-18(17(20)21,14-8-10-15(19)11-9-14)16(22)12-7-13-5-3-2-4-6-13/h2-6,8-11,19H,7,12H2,1H3,(H,20,21). The van der Waals surface area contributed by atoms with Crippen LogP contribution in [0.15, 0.2) is 54.6 Å². The first-order valence-electron chi connectivity index (χ1n) is 7.04. The van der Waals surface area contributed by atoms with Gasteiger partial charge in [0, 0.05) is 4.86 Å². The average Bonchev–Trinajstić information content (AvgIpc) is 2.53. The van der Waals surface area contributed by atoms with Crippen LogP contribution in [0.3, 0.4) is 0 Å². The molecule has 4 heteroatoms. The molecular weight excluding hydrogens is 296 g/mol. The van der Waals surface area contributed by atoms with E-state index in [0.29, 0.717) is 23.3 Å². The molecule has 22 heavy (non-hydrogen) atoms. The van der Waals surface area contributed by atoms with Crippen LogP contribution in [0.25, 0.3) is 0 Å². The number of aliphatic carboxylic acids is 1. The Balaban J connectivity index is 2.21. The molecule has 0 aliphatic rings. The van der Waals surface area contributed by atoms with Gasteiger partial charge in [0.2, 0.25) is 0 Å². The van der Waals surface area contributed by atoms with Crippen molar-refractivity contribution in [2.75, 3.05) is 0 Å². The van der Waals surface area contributed by atoms with E-state index in [9.17, 15) is 15.0 Å². The van der Waals surface area contributed by atoms with E-state index in [0.717, 1.165) is 5.56 Å². The fourth-order valence-electron chi connectivity index (χ4n) is 2.35. The molecule has 0 saturated carbocycles. The predicted molar refractivity (Wildman–Crippen MR) is 90.5 cm³/mol. The number of hydrogen-bond donors (Lipinski definition) is 2. The highest BCUT2D eigenvalue weighted by Gasteiger charge is 2.39. The number of carboxylic acids is 1. The van der Waals surface area contributed by atoms with E-state index >= 15 is 0 Å². The quantitative estimate of drug-likeness (QED) is 0.798. The van der Waals surface area contributed by atoms with Crippen molar-refractivity contribution in [3.8, 4) is 5.75 Å². The van der Waals surface area contributed by atoms with Crippen molar-refractivity contribution in [2.45, 2.75) is 25.2 Å². The lowest BCUT2D eigenvalue weighted by atomic mass is 9.77. The fraction of sp³-hybridized carbons (Fsp3) is 0.222. The van der Waals surface area contributed by atoms with Crippen LogP contribution in [0.4, 0.5) is 0 Å². The number of aryl methyl sites for hydroxylation is 1. The molecule has 2 rings (SSSR count). The predicted octanol–water partition coefficient (Wildman–Crippen LogP) is 3.74. The van der Waals surface area contributed by atoms with E-state index in [2.05, 4.69) is 0 Å². The van der Waals surface area contributed by atoms with E-state index < -0.39 is 11.4 Å². The number of thiocarbonyl (C=S) groups is 1. The van der Waals surface area contributed by atoms with E-state index in [-0.39, 0.29) is 5.75 Å². The van der Waals surface area contributed by atoms with Crippen molar-refractivity contribution in [2.24, 2.45) is 0 Å². The van der Waals surface area contributed by atoms with Crippen molar-refractivity contribution in [1.29, 1.82) is 0 Å². The van der Waals surface area contributed by atoms with Crippen LogP contribution in [-0.2, 0) is 16.6 Å². The van der Waals surface area contributed by atoms with Gasteiger partial charge in [-0.05, 0) is 43.0 Å². The highest BCUT2D eigenvalue weighted by molar-refractivity contribution is 7.80. The minimum atomic E-state index is -1.24.